The van der Waals surface area contributed by atoms with Gasteiger partial charge in [-0.15, -0.1) is 0 Å². The number of benzene rings is 2. The fourth-order valence-electron chi connectivity index (χ4n) is 4.56. The maximum Gasteiger partial charge on any atom is 0.416 e. The number of carboxylic acid groups (broad SMARTS) is 1. The molecule has 0 radical (unpaired) electrons. The van der Waals surface area contributed by atoms with Crippen LogP contribution >= 0.6 is 0 Å². The molecule has 4 rings (SSSR count). The van der Waals surface area contributed by atoms with Gasteiger partial charge in [-0.3, -0.25) is 14.4 Å². The minimum absolute atomic E-state index is 0.0519. The van der Waals surface area contributed by atoms with Gasteiger partial charge in [-0.1, -0.05) is 0 Å². The van der Waals surface area contributed by atoms with Gasteiger partial charge in [0.05, 0.1) is 17.6 Å². The summed E-state index contributed by atoms with van der Waals surface area (Å²) in [6.07, 6.45) is -0.650. The van der Waals surface area contributed by atoms with E-state index in [4.69, 9.17) is 9.84 Å². The number of carbonyl (C=O) groups is 3. The molecule has 0 aliphatic heterocycles. The molecule has 0 bridgehead atoms. The number of halogens is 3. The predicted octanol–water partition coefficient (Wildman–Crippen LogP) is 4.76. The molecular formula is C27H29F3N2O5. The lowest BCUT2D eigenvalue weighted by Crippen LogP contribution is -2.34. The first-order valence-corrected chi connectivity index (χ1v) is 12.4. The minimum atomic E-state index is -4.46. The van der Waals surface area contributed by atoms with Crippen LogP contribution in [0.25, 0.3) is 0 Å². The molecule has 2 aliphatic carbocycles. The Labute approximate surface area is 212 Å². The number of nitrogens with one attached hydrogen (secondary N) is 2. The van der Waals surface area contributed by atoms with Crippen molar-refractivity contribution in [2.75, 3.05) is 13.1 Å². The van der Waals surface area contributed by atoms with Gasteiger partial charge < -0.3 is 20.5 Å². The fourth-order valence-corrected chi connectivity index (χ4v) is 4.56. The normalized spacial score (nSPS) is 19.6. The number of alkyl halides is 3. The first kappa shape index (κ1) is 26.5. The zero-order valence-electron chi connectivity index (χ0n) is 20.1. The number of rotatable bonds is 9. The molecule has 0 aromatic heterocycles. The summed E-state index contributed by atoms with van der Waals surface area (Å²) in [5.74, 6) is -1.48. The number of ether oxygens (including phenoxy) is 1. The van der Waals surface area contributed by atoms with E-state index in [-0.39, 0.29) is 48.1 Å². The molecule has 0 spiro atoms. The number of amides is 2. The fraction of sp³-hybridized carbons (Fsp3) is 0.444. The summed E-state index contributed by atoms with van der Waals surface area (Å²) >= 11 is 0. The highest BCUT2D eigenvalue weighted by atomic mass is 19.4. The van der Waals surface area contributed by atoms with E-state index in [0.717, 1.165) is 6.07 Å². The molecule has 2 aromatic rings. The van der Waals surface area contributed by atoms with Gasteiger partial charge in [0.1, 0.15) is 5.75 Å². The van der Waals surface area contributed by atoms with Gasteiger partial charge in [-0.2, -0.15) is 13.2 Å². The Morgan fingerprint density at radius 1 is 0.838 bits per heavy atom. The van der Waals surface area contributed by atoms with Gasteiger partial charge in [0.15, 0.2) is 0 Å². The first-order chi connectivity index (χ1) is 17.6. The number of carboxylic acids is 1. The highest BCUT2D eigenvalue weighted by Crippen LogP contribution is 2.46. The second-order valence-corrected chi connectivity index (χ2v) is 9.54. The Bertz CT molecular complexity index is 1140. The van der Waals surface area contributed by atoms with Crippen molar-refractivity contribution in [1.82, 2.24) is 10.6 Å². The molecular weight excluding hydrogens is 489 g/mol. The monoisotopic (exact) mass is 518 g/mol. The summed E-state index contributed by atoms with van der Waals surface area (Å²) in [4.78, 5) is 35.9. The molecule has 2 fully saturated rings. The zero-order valence-corrected chi connectivity index (χ0v) is 20.1. The Hall–Kier alpha value is -3.56. The molecule has 7 nitrogen and oxygen atoms in total. The maximum absolute atomic E-state index is 13.2. The van der Waals surface area contributed by atoms with Gasteiger partial charge in [-0.05, 0) is 92.5 Å². The first-order valence-electron chi connectivity index (χ1n) is 12.4. The molecule has 10 heteroatoms. The summed E-state index contributed by atoms with van der Waals surface area (Å²) in [6, 6.07) is 10.0. The molecule has 0 saturated heterocycles. The van der Waals surface area contributed by atoms with Crippen molar-refractivity contribution < 1.29 is 37.4 Å². The summed E-state index contributed by atoms with van der Waals surface area (Å²) in [5, 5.41) is 14.4. The third kappa shape index (κ3) is 7.02. The molecule has 0 heterocycles. The van der Waals surface area contributed by atoms with Crippen LogP contribution in [0, 0.1) is 5.92 Å². The minimum Gasteiger partial charge on any atom is -0.490 e. The van der Waals surface area contributed by atoms with Gasteiger partial charge >= 0.3 is 12.1 Å². The van der Waals surface area contributed by atoms with Gasteiger partial charge in [0.25, 0.3) is 11.8 Å². The lowest BCUT2D eigenvalue weighted by Gasteiger charge is -2.26. The van der Waals surface area contributed by atoms with E-state index in [1.807, 2.05) is 0 Å². The predicted molar refractivity (Wildman–Crippen MR) is 129 cm³/mol. The largest absolute Gasteiger partial charge is 0.490 e. The van der Waals surface area contributed by atoms with Crippen molar-refractivity contribution in [3.8, 4) is 5.75 Å². The second kappa shape index (κ2) is 11.2. The van der Waals surface area contributed by atoms with Gasteiger partial charge in [0.2, 0.25) is 0 Å². The highest BCUT2D eigenvalue weighted by Gasteiger charge is 2.38. The lowest BCUT2D eigenvalue weighted by molar-refractivity contribution is -0.143. The molecule has 2 aliphatic rings. The van der Waals surface area contributed by atoms with Crippen LogP contribution in [0.5, 0.6) is 5.75 Å². The molecule has 2 amide bonds. The Morgan fingerprint density at radius 2 is 1.41 bits per heavy atom. The van der Waals surface area contributed by atoms with E-state index < -0.39 is 23.6 Å². The summed E-state index contributed by atoms with van der Waals surface area (Å²) < 4.78 is 45.6. The van der Waals surface area contributed by atoms with Crippen molar-refractivity contribution in [3.63, 3.8) is 0 Å². The molecule has 2 aromatic carbocycles. The molecule has 198 valence electrons. The molecule has 0 unspecified atom stereocenters. The summed E-state index contributed by atoms with van der Waals surface area (Å²) in [6.45, 7) is 0.260. The van der Waals surface area contributed by atoms with Crippen molar-refractivity contribution in [2.24, 2.45) is 5.92 Å². The smallest absolute Gasteiger partial charge is 0.416 e. The SMILES string of the molecule is O=C(NCCNC(=O)c1ccc(C(F)(F)F)c(C2CC2)c1)c1ccc(OC2CCC(C(=O)O)CC2)cc1. The maximum atomic E-state index is 13.2. The summed E-state index contributed by atoms with van der Waals surface area (Å²) in [5.41, 5.74) is 0.0351. The number of carbonyl (C=O) groups excluding carboxylic acids is 2. The second-order valence-electron chi connectivity index (χ2n) is 9.54. The van der Waals surface area contributed by atoms with Gasteiger partial charge in [-0.25, -0.2) is 0 Å². The highest BCUT2D eigenvalue weighted by molar-refractivity contribution is 5.95. The molecule has 2 saturated carbocycles. The van der Waals surface area contributed by atoms with Crippen LogP contribution in [-0.4, -0.2) is 42.1 Å². The van der Waals surface area contributed by atoms with E-state index >= 15 is 0 Å². The third-order valence-electron chi connectivity index (χ3n) is 6.78. The standard InChI is InChI=1S/C27H29F3N2O5/c28-27(29,30)23-12-7-19(15-22(23)16-1-2-16)25(34)32-14-13-31-24(33)17-3-8-20(9-4-17)37-21-10-5-18(6-11-21)26(35)36/h3-4,7-9,12,15-16,18,21H,1-2,5-6,10-11,13-14H2,(H,31,33)(H,32,34)(H,35,36). The van der Waals surface area contributed by atoms with Crippen LogP contribution in [0.15, 0.2) is 42.5 Å². The van der Waals surface area contributed by atoms with E-state index in [2.05, 4.69) is 10.6 Å². The van der Waals surface area contributed by atoms with Gasteiger partial charge in [0, 0.05) is 24.2 Å². The average Bonchev–Trinajstić information content (AvgIpc) is 3.72. The van der Waals surface area contributed by atoms with Crippen molar-refractivity contribution in [3.05, 3.63) is 64.7 Å². The Kier molecular flexibility index (Phi) is 8.04. The van der Waals surface area contributed by atoms with Crippen LogP contribution in [-0.2, 0) is 11.0 Å². The van der Waals surface area contributed by atoms with E-state index in [0.29, 0.717) is 49.8 Å². The number of hydrogen-bond acceptors (Lipinski definition) is 4. The molecule has 37 heavy (non-hydrogen) atoms. The number of aliphatic carboxylic acids is 1. The number of hydrogen-bond donors (Lipinski definition) is 3. The van der Waals surface area contributed by atoms with Crippen LogP contribution in [0.3, 0.4) is 0 Å². The van der Waals surface area contributed by atoms with Crippen LogP contribution < -0.4 is 15.4 Å². The van der Waals surface area contributed by atoms with Crippen molar-refractivity contribution >= 4 is 17.8 Å². The molecule has 0 atom stereocenters. The van der Waals surface area contributed by atoms with E-state index in [1.54, 1.807) is 24.3 Å². The van der Waals surface area contributed by atoms with Crippen LogP contribution in [0.4, 0.5) is 13.2 Å². The summed E-state index contributed by atoms with van der Waals surface area (Å²) in [7, 11) is 0. The van der Waals surface area contributed by atoms with E-state index in [1.165, 1.54) is 12.1 Å². The molecule has 3 N–H and O–H groups in total. The average molecular weight is 519 g/mol. The quantitative estimate of drug-likeness (QED) is 0.415. The van der Waals surface area contributed by atoms with Crippen molar-refractivity contribution in [1.29, 1.82) is 0 Å². The topological polar surface area (TPSA) is 105 Å². The Balaban J connectivity index is 1.21. The van der Waals surface area contributed by atoms with E-state index in [9.17, 15) is 27.6 Å². The van der Waals surface area contributed by atoms with Crippen molar-refractivity contribution in [2.45, 2.75) is 56.7 Å². The van der Waals surface area contributed by atoms with Crippen LogP contribution in [0.1, 0.15) is 76.3 Å². The lowest BCUT2D eigenvalue weighted by atomic mass is 9.87. The third-order valence-corrected chi connectivity index (χ3v) is 6.78. The Morgan fingerprint density at radius 3 is 1.95 bits per heavy atom. The van der Waals surface area contributed by atoms with Crippen LogP contribution in [0.2, 0.25) is 0 Å². The zero-order chi connectivity index (χ0) is 26.6.